The van der Waals surface area contributed by atoms with Crippen molar-refractivity contribution < 1.29 is 26.7 Å². The van der Waals surface area contributed by atoms with Gasteiger partial charge >= 0.3 is 0 Å². The van der Waals surface area contributed by atoms with Crippen LogP contribution in [0.3, 0.4) is 0 Å². The van der Waals surface area contributed by atoms with Gasteiger partial charge in [-0.1, -0.05) is 30.3 Å². The average molecular weight is 479 g/mol. The Hall–Kier alpha value is -4.11. The second kappa shape index (κ2) is 8.56. The molecule has 0 aliphatic carbocycles. The Kier molecular flexibility index (Phi) is 6.04. The average Bonchev–Trinajstić information content (AvgIpc) is 2.73. The van der Waals surface area contributed by atoms with E-state index in [0.717, 1.165) is 24.3 Å². The number of nitro groups is 2. The minimum Gasteiger partial charge on any atom is -0.263 e. The molecule has 1 heterocycles. The van der Waals surface area contributed by atoms with Gasteiger partial charge in [0.1, 0.15) is 11.6 Å². The van der Waals surface area contributed by atoms with Gasteiger partial charge in [0, 0.05) is 12.1 Å². The first-order valence-corrected chi connectivity index (χ1v) is 11.5. The number of para-hydroxylation sites is 2. The Morgan fingerprint density at radius 2 is 1.00 bits per heavy atom. The van der Waals surface area contributed by atoms with Gasteiger partial charge in [-0.3, -0.25) is 29.7 Å². The highest BCUT2D eigenvalue weighted by Gasteiger charge is 2.27. The van der Waals surface area contributed by atoms with Crippen LogP contribution in [0.1, 0.15) is 0 Å². The van der Waals surface area contributed by atoms with Crippen LogP contribution in [0.25, 0.3) is 0 Å². The summed E-state index contributed by atoms with van der Waals surface area (Å²) in [5.74, 6) is -0.683. The van der Waals surface area contributed by atoms with E-state index in [9.17, 15) is 37.1 Å². The second-order valence-electron chi connectivity index (χ2n) is 6.07. The van der Waals surface area contributed by atoms with E-state index in [4.69, 9.17) is 0 Å². The Morgan fingerprint density at radius 3 is 1.38 bits per heavy atom. The molecule has 0 fully saturated rings. The van der Waals surface area contributed by atoms with Gasteiger partial charge in [-0.25, -0.2) is 21.8 Å². The van der Waals surface area contributed by atoms with Crippen molar-refractivity contribution in [3.05, 3.63) is 87.0 Å². The van der Waals surface area contributed by atoms with Crippen LogP contribution in [0.15, 0.2) is 76.5 Å². The van der Waals surface area contributed by atoms with E-state index in [1.807, 2.05) is 9.44 Å². The number of pyridine rings is 1. The van der Waals surface area contributed by atoms with Crippen molar-refractivity contribution in [2.24, 2.45) is 0 Å². The van der Waals surface area contributed by atoms with Crippen molar-refractivity contribution in [3.63, 3.8) is 0 Å². The van der Waals surface area contributed by atoms with Gasteiger partial charge in [0.2, 0.25) is 0 Å². The maximum absolute atomic E-state index is 12.6. The van der Waals surface area contributed by atoms with Crippen LogP contribution >= 0.6 is 0 Å². The van der Waals surface area contributed by atoms with E-state index in [1.54, 1.807) is 0 Å². The lowest BCUT2D eigenvalue weighted by Crippen LogP contribution is -2.18. The zero-order chi connectivity index (χ0) is 23.5. The van der Waals surface area contributed by atoms with Crippen LogP contribution < -0.4 is 9.44 Å². The summed E-state index contributed by atoms with van der Waals surface area (Å²) in [6, 6.07) is 12.9. The smallest absolute Gasteiger partial charge is 0.263 e. The third kappa shape index (κ3) is 4.79. The second-order valence-corrected chi connectivity index (χ2v) is 9.37. The Morgan fingerprint density at radius 1 is 0.625 bits per heavy atom. The molecular weight excluding hydrogens is 466 g/mol. The van der Waals surface area contributed by atoms with Crippen molar-refractivity contribution >= 4 is 43.1 Å². The molecule has 0 spiro atoms. The summed E-state index contributed by atoms with van der Waals surface area (Å²) < 4.78 is 54.5. The third-order valence-electron chi connectivity index (χ3n) is 3.93. The lowest BCUT2D eigenvalue weighted by atomic mass is 10.3. The fourth-order valence-electron chi connectivity index (χ4n) is 2.60. The summed E-state index contributed by atoms with van der Waals surface area (Å²) in [6.45, 7) is 0. The van der Waals surface area contributed by atoms with Crippen molar-refractivity contribution in [2.75, 3.05) is 9.44 Å². The van der Waals surface area contributed by atoms with Crippen molar-refractivity contribution in [1.29, 1.82) is 0 Å². The van der Waals surface area contributed by atoms with Gasteiger partial charge in [0.05, 0.1) is 9.85 Å². The number of nitro benzene ring substituents is 2. The molecule has 2 N–H and O–H groups in total. The third-order valence-corrected chi connectivity index (χ3v) is 6.73. The topological polar surface area (TPSA) is 192 Å². The minimum atomic E-state index is -4.44. The largest absolute Gasteiger partial charge is 0.289 e. The number of rotatable bonds is 8. The van der Waals surface area contributed by atoms with E-state index in [2.05, 4.69) is 4.98 Å². The summed E-state index contributed by atoms with van der Waals surface area (Å²) >= 11 is 0. The SMILES string of the molecule is O=[N+]([O-])c1ccccc1S(=O)(=O)Nc1cccc(NS(=O)(=O)c2ccccc2[N+](=O)[O-])n1. The molecule has 0 atom stereocenters. The van der Waals surface area contributed by atoms with E-state index in [-0.39, 0.29) is 11.6 Å². The maximum atomic E-state index is 12.6. The van der Waals surface area contributed by atoms with Crippen LogP contribution in [0.5, 0.6) is 0 Å². The first-order valence-electron chi connectivity index (χ1n) is 8.51. The van der Waals surface area contributed by atoms with Gasteiger partial charge in [-0.05, 0) is 24.3 Å². The first kappa shape index (κ1) is 22.6. The van der Waals surface area contributed by atoms with Gasteiger partial charge in [0.15, 0.2) is 9.79 Å². The number of benzene rings is 2. The van der Waals surface area contributed by atoms with Gasteiger partial charge < -0.3 is 0 Å². The van der Waals surface area contributed by atoms with E-state index in [1.165, 1.54) is 42.5 Å². The molecule has 3 aromatic rings. The Labute approximate surface area is 181 Å². The highest BCUT2D eigenvalue weighted by atomic mass is 32.2. The van der Waals surface area contributed by atoms with Crippen LogP contribution in [-0.2, 0) is 20.0 Å². The monoisotopic (exact) mass is 479 g/mol. The summed E-state index contributed by atoms with van der Waals surface area (Å²) in [7, 11) is -8.88. The van der Waals surface area contributed by atoms with E-state index >= 15 is 0 Å². The molecule has 0 radical (unpaired) electrons. The quantitative estimate of drug-likeness (QED) is 0.361. The lowest BCUT2D eigenvalue weighted by molar-refractivity contribution is -0.388. The Balaban J connectivity index is 1.92. The summed E-state index contributed by atoms with van der Waals surface area (Å²) in [4.78, 5) is 23.1. The Bertz CT molecular complexity index is 1320. The molecule has 0 aliphatic rings. The molecule has 0 bridgehead atoms. The van der Waals surface area contributed by atoms with Gasteiger partial charge in [-0.15, -0.1) is 0 Å². The van der Waals surface area contributed by atoms with Crippen LogP contribution in [0.2, 0.25) is 0 Å². The molecule has 3 rings (SSSR count). The number of hydrogen-bond donors (Lipinski definition) is 2. The van der Waals surface area contributed by atoms with Crippen LogP contribution in [0.4, 0.5) is 23.0 Å². The van der Waals surface area contributed by atoms with E-state index in [0.29, 0.717) is 0 Å². The molecule has 0 unspecified atom stereocenters. The summed E-state index contributed by atoms with van der Waals surface area (Å²) in [6.07, 6.45) is 0. The molecular formula is C17H13N5O8S2. The fourth-order valence-corrected chi connectivity index (χ4v) is 4.95. The molecule has 1 aromatic heterocycles. The number of hydrogen-bond acceptors (Lipinski definition) is 9. The zero-order valence-corrected chi connectivity index (χ0v) is 17.4. The predicted molar refractivity (Wildman–Crippen MR) is 112 cm³/mol. The molecule has 0 saturated heterocycles. The number of sulfonamides is 2. The molecule has 166 valence electrons. The number of nitrogens with one attached hydrogen (secondary N) is 2. The minimum absolute atomic E-state index is 0.342. The van der Waals surface area contributed by atoms with Crippen molar-refractivity contribution in [1.82, 2.24) is 4.98 Å². The van der Waals surface area contributed by atoms with Crippen LogP contribution in [0, 0.1) is 20.2 Å². The molecule has 0 amide bonds. The van der Waals surface area contributed by atoms with Crippen LogP contribution in [-0.4, -0.2) is 31.7 Å². The van der Waals surface area contributed by atoms with E-state index < -0.39 is 51.1 Å². The predicted octanol–water partition coefficient (Wildman–Crippen LogP) is 2.50. The lowest BCUT2D eigenvalue weighted by Gasteiger charge is -2.11. The number of anilines is 2. The highest BCUT2D eigenvalue weighted by molar-refractivity contribution is 7.93. The summed E-state index contributed by atoms with van der Waals surface area (Å²) in [5, 5.41) is 22.2. The number of nitrogens with zero attached hydrogens (tertiary/aromatic N) is 3. The van der Waals surface area contributed by atoms with Crippen molar-refractivity contribution in [3.8, 4) is 0 Å². The molecule has 0 saturated carbocycles. The standard InChI is InChI=1S/C17H13N5O8S2/c23-21(24)12-6-1-3-8-14(12)31(27,28)19-16-10-5-11-17(18-16)20-32(29,30)15-9-4-2-7-13(15)22(25)26/h1-11H,(H2,18,19,20). The van der Waals surface area contributed by atoms with Gasteiger partial charge in [0.25, 0.3) is 31.4 Å². The highest BCUT2D eigenvalue weighted by Crippen LogP contribution is 2.27. The first-order chi connectivity index (χ1) is 15.0. The molecule has 2 aromatic carbocycles. The fraction of sp³-hybridized carbons (Fsp3) is 0. The normalized spacial score (nSPS) is 11.5. The molecule has 32 heavy (non-hydrogen) atoms. The zero-order valence-electron chi connectivity index (χ0n) is 15.8. The van der Waals surface area contributed by atoms with Gasteiger partial charge in [-0.2, -0.15) is 0 Å². The van der Waals surface area contributed by atoms with Crippen molar-refractivity contribution in [2.45, 2.75) is 9.79 Å². The summed E-state index contributed by atoms with van der Waals surface area (Å²) in [5.41, 5.74) is -1.32. The molecule has 15 heteroatoms. The number of aromatic nitrogens is 1. The maximum Gasteiger partial charge on any atom is 0.289 e. The molecule has 0 aliphatic heterocycles. The molecule has 13 nitrogen and oxygen atoms in total.